The van der Waals surface area contributed by atoms with Gasteiger partial charge in [-0.05, 0) is 58.4 Å². The van der Waals surface area contributed by atoms with Crippen LogP contribution in [0.15, 0.2) is 30.7 Å². The average Bonchev–Trinajstić information content (AvgIpc) is 3.40. The van der Waals surface area contributed by atoms with Crippen molar-refractivity contribution in [1.29, 1.82) is 0 Å². The number of nitrogens with zero attached hydrogens (tertiary/aromatic N) is 8. The Morgan fingerprint density at radius 1 is 1.12 bits per heavy atom. The number of hydrogen-bond donors (Lipinski definition) is 1. The lowest BCUT2D eigenvalue weighted by molar-refractivity contribution is -0.137. The number of carbonyl (C=O) groups is 1. The van der Waals surface area contributed by atoms with Gasteiger partial charge < -0.3 is 19.6 Å². The van der Waals surface area contributed by atoms with Crippen molar-refractivity contribution in [2.24, 2.45) is 11.8 Å². The number of fused-ring (bicyclic) bond motifs is 1. The van der Waals surface area contributed by atoms with Crippen molar-refractivity contribution in [3.63, 3.8) is 0 Å². The molecule has 11 nitrogen and oxygen atoms in total. The SMILES string of the molecule is CCOc1cccc(Cn2ncc3c(N4CCC(C(=O)N5CCC(CN(CCO)C(C)C)CC5)CC4)ncnc32)n1. The van der Waals surface area contributed by atoms with Gasteiger partial charge in [-0.25, -0.2) is 19.6 Å². The van der Waals surface area contributed by atoms with Gasteiger partial charge in [0, 0.05) is 57.3 Å². The van der Waals surface area contributed by atoms with Crippen LogP contribution in [-0.2, 0) is 11.3 Å². The van der Waals surface area contributed by atoms with E-state index in [1.807, 2.05) is 36.0 Å². The van der Waals surface area contributed by atoms with Crippen molar-refractivity contribution in [3.05, 3.63) is 36.4 Å². The summed E-state index contributed by atoms with van der Waals surface area (Å²) in [6, 6.07) is 6.17. The number of likely N-dealkylation sites (tertiary alicyclic amines) is 1. The first-order valence-corrected chi connectivity index (χ1v) is 15.1. The monoisotopic (exact) mass is 564 g/mol. The van der Waals surface area contributed by atoms with Gasteiger partial charge in [0.05, 0.1) is 37.0 Å². The summed E-state index contributed by atoms with van der Waals surface area (Å²) in [6.07, 6.45) is 7.15. The van der Waals surface area contributed by atoms with Gasteiger partial charge in [-0.15, -0.1) is 0 Å². The molecule has 1 amide bonds. The number of aliphatic hydroxyl groups is 1. The average molecular weight is 565 g/mol. The number of amides is 1. The molecule has 222 valence electrons. The number of ether oxygens (including phenoxy) is 1. The van der Waals surface area contributed by atoms with Crippen LogP contribution in [0, 0.1) is 11.8 Å². The number of carbonyl (C=O) groups excluding carboxylic acids is 1. The molecule has 2 saturated heterocycles. The number of anilines is 1. The maximum absolute atomic E-state index is 13.4. The molecule has 0 aliphatic carbocycles. The Balaban J connectivity index is 1.16. The molecule has 2 aliphatic rings. The van der Waals surface area contributed by atoms with E-state index in [1.165, 1.54) is 0 Å². The molecule has 11 heteroatoms. The Hall–Kier alpha value is -3.31. The summed E-state index contributed by atoms with van der Waals surface area (Å²) in [5.41, 5.74) is 1.63. The van der Waals surface area contributed by atoms with Gasteiger partial charge in [0.1, 0.15) is 12.1 Å². The Kier molecular flexibility index (Phi) is 9.66. The molecule has 0 aromatic carbocycles. The van der Waals surface area contributed by atoms with Gasteiger partial charge in [0.2, 0.25) is 11.8 Å². The molecule has 0 spiro atoms. The maximum atomic E-state index is 13.4. The first kappa shape index (κ1) is 29.2. The molecular formula is C30H44N8O3. The van der Waals surface area contributed by atoms with Crippen LogP contribution in [0.2, 0.25) is 0 Å². The van der Waals surface area contributed by atoms with Gasteiger partial charge in [-0.3, -0.25) is 9.69 Å². The van der Waals surface area contributed by atoms with E-state index < -0.39 is 0 Å². The topological polar surface area (TPSA) is 113 Å². The highest BCUT2D eigenvalue weighted by molar-refractivity contribution is 5.87. The standard InChI is InChI=1S/C30H44N8O3/c1-4-41-27-7-5-6-25(34-27)20-38-29-26(18-33-38)28(31-21-32-29)35-14-10-24(11-15-35)30(40)36-12-8-23(9-13-36)19-37(16-17-39)22(2)3/h5-7,18,21-24,39H,4,8-17,19-20H2,1-3H3. The Morgan fingerprint density at radius 3 is 2.61 bits per heavy atom. The van der Waals surface area contributed by atoms with Crippen molar-refractivity contribution in [1.82, 2.24) is 34.5 Å². The Bertz CT molecular complexity index is 1280. The van der Waals surface area contributed by atoms with E-state index in [-0.39, 0.29) is 12.5 Å². The van der Waals surface area contributed by atoms with Gasteiger partial charge in [-0.2, -0.15) is 5.10 Å². The van der Waals surface area contributed by atoms with Crippen molar-refractivity contribution < 1.29 is 14.6 Å². The molecule has 5 rings (SSSR count). The summed E-state index contributed by atoms with van der Waals surface area (Å²) in [4.78, 5) is 33.8. The number of pyridine rings is 1. The van der Waals surface area contributed by atoms with Crippen molar-refractivity contribution in [2.75, 3.05) is 57.4 Å². The van der Waals surface area contributed by atoms with Crippen LogP contribution in [0.3, 0.4) is 0 Å². The van der Waals surface area contributed by atoms with Gasteiger partial charge in [0.15, 0.2) is 5.65 Å². The fourth-order valence-electron chi connectivity index (χ4n) is 6.13. The maximum Gasteiger partial charge on any atom is 0.225 e. The molecule has 41 heavy (non-hydrogen) atoms. The molecule has 1 N–H and O–H groups in total. The van der Waals surface area contributed by atoms with Crippen LogP contribution in [0.1, 0.15) is 52.1 Å². The second-order valence-corrected chi connectivity index (χ2v) is 11.5. The summed E-state index contributed by atoms with van der Waals surface area (Å²) < 4.78 is 7.39. The minimum atomic E-state index is 0.0630. The predicted molar refractivity (Wildman–Crippen MR) is 158 cm³/mol. The number of rotatable bonds is 11. The minimum absolute atomic E-state index is 0.0630. The highest BCUT2D eigenvalue weighted by Crippen LogP contribution is 2.29. The molecule has 5 heterocycles. The van der Waals surface area contributed by atoms with Crippen LogP contribution in [-0.4, -0.2) is 104 Å². The summed E-state index contributed by atoms with van der Waals surface area (Å²) >= 11 is 0. The molecule has 3 aromatic heterocycles. The molecular weight excluding hydrogens is 520 g/mol. The lowest BCUT2D eigenvalue weighted by Crippen LogP contribution is -2.47. The van der Waals surface area contributed by atoms with Gasteiger partial charge in [-0.1, -0.05) is 6.07 Å². The molecule has 2 fully saturated rings. The second-order valence-electron chi connectivity index (χ2n) is 11.5. The smallest absolute Gasteiger partial charge is 0.225 e. The van der Waals surface area contributed by atoms with E-state index in [0.717, 1.165) is 81.0 Å². The summed E-state index contributed by atoms with van der Waals surface area (Å²) in [7, 11) is 0. The van der Waals surface area contributed by atoms with E-state index in [0.29, 0.717) is 43.4 Å². The fraction of sp³-hybridized carbons (Fsp3) is 0.633. The zero-order valence-corrected chi connectivity index (χ0v) is 24.7. The molecule has 0 atom stereocenters. The van der Waals surface area contributed by atoms with Gasteiger partial charge >= 0.3 is 0 Å². The number of hydrogen-bond acceptors (Lipinski definition) is 9. The van der Waals surface area contributed by atoms with E-state index in [4.69, 9.17) is 4.74 Å². The third kappa shape index (κ3) is 6.95. The summed E-state index contributed by atoms with van der Waals surface area (Å²) in [5.74, 6) is 2.44. The van der Waals surface area contributed by atoms with Crippen LogP contribution in [0.4, 0.5) is 5.82 Å². The lowest BCUT2D eigenvalue weighted by atomic mass is 9.91. The second kappa shape index (κ2) is 13.6. The largest absolute Gasteiger partial charge is 0.478 e. The number of aromatic nitrogens is 5. The van der Waals surface area contributed by atoms with E-state index in [2.05, 4.69) is 48.6 Å². The summed E-state index contributed by atoms with van der Waals surface area (Å²) in [6.45, 7) is 12.5. The summed E-state index contributed by atoms with van der Waals surface area (Å²) in [5, 5.41) is 14.9. The van der Waals surface area contributed by atoms with Crippen LogP contribution in [0.5, 0.6) is 5.88 Å². The molecule has 3 aromatic rings. The zero-order valence-electron chi connectivity index (χ0n) is 24.7. The Labute approximate surface area is 242 Å². The third-order valence-electron chi connectivity index (χ3n) is 8.48. The molecule has 2 aliphatic heterocycles. The first-order chi connectivity index (χ1) is 20.0. The molecule has 0 saturated carbocycles. The minimum Gasteiger partial charge on any atom is -0.478 e. The quantitative estimate of drug-likeness (QED) is 0.376. The first-order valence-electron chi connectivity index (χ1n) is 15.1. The van der Waals surface area contributed by atoms with Crippen LogP contribution < -0.4 is 9.64 Å². The molecule has 0 bridgehead atoms. The van der Waals surface area contributed by atoms with Crippen molar-refractivity contribution in [2.45, 2.75) is 59.0 Å². The molecule has 0 radical (unpaired) electrons. The van der Waals surface area contributed by atoms with Gasteiger partial charge in [0.25, 0.3) is 0 Å². The number of aliphatic hydroxyl groups excluding tert-OH is 1. The number of piperidine rings is 2. The highest BCUT2D eigenvalue weighted by atomic mass is 16.5. The molecule has 0 unspecified atom stereocenters. The highest BCUT2D eigenvalue weighted by Gasteiger charge is 2.32. The van der Waals surface area contributed by atoms with E-state index in [1.54, 1.807) is 6.33 Å². The van der Waals surface area contributed by atoms with Crippen LogP contribution in [0.25, 0.3) is 11.0 Å². The Morgan fingerprint density at radius 2 is 1.90 bits per heavy atom. The van der Waals surface area contributed by atoms with E-state index >= 15 is 0 Å². The van der Waals surface area contributed by atoms with Crippen molar-refractivity contribution >= 4 is 22.8 Å². The lowest BCUT2D eigenvalue weighted by Gasteiger charge is -2.39. The third-order valence-corrected chi connectivity index (χ3v) is 8.48. The predicted octanol–water partition coefficient (Wildman–Crippen LogP) is 2.83. The van der Waals surface area contributed by atoms with Crippen molar-refractivity contribution in [3.8, 4) is 5.88 Å². The normalized spacial score (nSPS) is 17.2. The van der Waals surface area contributed by atoms with Crippen LogP contribution >= 0.6 is 0 Å². The van der Waals surface area contributed by atoms with E-state index in [9.17, 15) is 9.90 Å². The zero-order chi connectivity index (χ0) is 28.8. The fourth-order valence-corrected chi connectivity index (χ4v) is 6.13.